The van der Waals surface area contributed by atoms with E-state index in [1.54, 1.807) is 54.6 Å². The number of hydrogen-bond acceptors (Lipinski definition) is 3. The lowest BCUT2D eigenvalue weighted by Gasteiger charge is -2.20. The summed E-state index contributed by atoms with van der Waals surface area (Å²) in [6.45, 7) is 2.28. The molecule has 3 aromatic rings. The van der Waals surface area contributed by atoms with Gasteiger partial charge in [-0.25, -0.2) is 8.78 Å². The zero-order valence-corrected chi connectivity index (χ0v) is 15.2. The fraction of sp³-hybridized carbons (Fsp3) is 0.136. The Labute approximate surface area is 161 Å². The van der Waals surface area contributed by atoms with Crippen LogP contribution >= 0.6 is 0 Å². The van der Waals surface area contributed by atoms with E-state index in [1.165, 1.54) is 0 Å². The molecule has 0 radical (unpaired) electrons. The Hall–Kier alpha value is -3.41. The zero-order valence-electron chi connectivity index (χ0n) is 15.2. The van der Waals surface area contributed by atoms with E-state index >= 15 is 0 Å². The highest BCUT2D eigenvalue weighted by molar-refractivity contribution is 5.96. The minimum absolute atomic E-state index is 0.219. The minimum atomic E-state index is -1.14. The Morgan fingerprint density at radius 3 is 2.39 bits per heavy atom. The highest BCUT2D eigenvalue weighted by atomic mass is 19.1. The molecule has 1 N–H and O–H groups in total. The number of para-hydroxylation sites is 2. The molecule has 0 heterocycles. The predicted octanol–water partition coefficient (Wildman–Crippen LogP) is 5.12. The first-order valence-corrected chi connectivity index (χ1v) is 8.78. The van der Waals surface area contributed by atoms with E-state index in [9.17, 15) is 13.6 Å². The van der Waals surface area contributed by atoms with Crippen molar-refractivity contribution >= 4 is 11.6 Å². The van der Waals surface area contributed by atoms with Gasteiger partial charge in [0.15, 0.2) is 11.6 Å². The van der Waals surface area contributed by atoms with Crippen LogP contribution in [0.5, 0.6) is 11.5 Å². The summed E-state index contributed by atoms with van der Waals surface area (Å²) in [5, 5.41) is 2.76. The Kier molecular flexibility index (Phi) is 6.22. The van der Waals surface area contributed by atoms with Crippen molar-refractivity contribution in [1.29, 1.82) is 0 Å². The van der Waals surface area contributed by atoms with Crippen molar-refractivity contribution < 1.29 is 23.0 Å². The highest BCUT2D eigenvalue weighted by Gasteiger charge is 2.25. The molecule has 0 spiro atoms. The van der Waals surface area contributed by atoms with Gasteiger partial charge < -0.3 is 14.8 Å². The van der Waals surface area contributed by atoms with Crippen molar-refractivity contribution in [3.63, 3.8) is 0 Å². The van der Waals surface area contributed by atoms with Gasteiger partial charge in [-0.3, -0.25) is 4.79 Å². The van der Waals surface area contributed by atoms with Crippen molar-refractivity contribution in [2.75, 3.05) is 11.9 Å². The van der Waals surface area contributed by atoms with Crippen molar-refractivity contribution in [3.05, 3.63) is 90.0 Å². The fourth-order valence-corrected chi connectivity index (χ4v) is 2.65. The predicted molar refractivity (Wildman–Crippen MR) is 102 cm³/mol. The number of amides is 1. The lowest BCUT2D eigenvalue weighted by Crippen LogP contribution is -2.26. The molecule has 3 rings (SSSR count). The van der Waals surface area contributed by atoms with Crippen LogP contribution < -0.4 is 14.8 Å². The van der Waals surface area contributed by atoms with E-state index in [0.29, 0.717) is 29.7 Å². The molecule has 0 aliphatic carbocycles. The van der Waals surface area contributed by atoms with Crippen LogP contribution in [-0.2, 0) is 4.79 Å². The molecule has 1 amide bonds. The maximum absolute atomic E-state index is 14.1. The van der Waals surface area contributed by atoms with Gasteiger partial charge in [0.1, 0.15) is 11.6 Å². The van der Waals surface area contributed by atoms with Gasteiger partial charge in [-0.2, -0.15) is 0 Å². The third-order valence-electron chi connectivity index (χ3n) is 3.92. The van der Waals surface area contributed by atoms with E-state index in [0.717, 1.165) is 12.1 Å². The largest absolute Gasteiger partial charge is 0.492 e. The zero-order chi connectivity index (χ0) is 19.9. The summed E-state index contributed by atoms with van der Waals surface area (Å²) in [5.41, 5.74) is 0.996. The maximum Gasteiger partial charge on any atom is 0.270 e. The lowest BCUT2D eigenvalue weighted by molar-refractivity contribution is -0.123. The summed E-state index contributed by atoms with van der Waals surface area (Å²) in [6.07, 6.45) is -1.14. The molecule has 28 heavy (non-hydrogen) atoms. The average Bonchev–Trinajstić information content (AvgIpc) is 2.69. The van der Waals surface area contributed by atoms with E-state index in [-0.39, 0.29) is 5.75 Å². The van der Waals surface area contributed by atoms with Crippen LogP contribution in [0.3, 0.4) is 0 Å². The molecule has 1 atom stereocenters. The van der Waals surface area contributed by atoms with E-state index in [1.807, 2.05) is 6.92 Å². The summed E-state index contributed by atoms with van der Waals surface area (Å²) in [5.74, 6) is -1.83. The Bertz CT molecular complexity index is 948. The molecule has 6 heteroatoms. The number of carbonyl (C=O) groups excluding carboxylic acids is 1. The van der Waals surface area contributed by atoms with Gasteiger partial charge in [-0.05, 0) is 31.2 Å². The highest BCUT2D eigenvalue weighted by Crippen LogP contribution is 2.29. The smallest absolute Gasteiger partial charge is 0.270 e. The Balaban J connectivity index is 1.90. The van der Waals surface area contributed by atoms with Gasteiger partial charge in [-0.15, -0.1) is 0 Å². The van der Waals surface area contributed by atoms with Gasteiger partial charge in [0, 0.05) is 11.6 Å². The topological polar surface area (TPSA) is 47.6 Å². The van der Waals surface area contributed by atoms with Crippen molar-refractivity contribution in [2.45, 2.75) is 13.0 Å². The van der Waals surface area contributed by atoms with E-state index in [2.05, 4.69) is 5.32 Å². The maximum atomic E-state index is 14.1. The number of halogens is 2. The Morgan fingerprint density at radius 2 is 1.68 bits per heavy atom. The van der Waals surface area contributed by atoms with Gasteiger partial charge in [-0.1, -0.05) is 42.5 Å². The monoisotopic (exact) mass is 383 g/mol. The standard InChI is InChI=1S/C22H19F2NO3/c1-2-27-20-11-7-6-10-18(20)25-22(26)21(15-8-4-3-5-9-15)28-19-13-12-16(23)14-17(19)24/h3-14,21H,2H2,1H3,(H,25,26). The van der Waals surface area contributed by atoms with Crippen LogP contribution in [0.4, 0.5) is 14.5 Å². The number of ether oxygens (including phenoxy) is 2. The summed E-state index contributed by atoms with van der Waals surface area (Å²) in [7, 11) is 0. The number of rotatable bonds is 7. The molecule has 0 saturated heterocycles. The average molecular weight is 383 g/mol. The molecule has 0 bridgehead atoms. The molecule has 0 aliphatic rings. The van der Waals surface area contributed by atoms with Gasteiger partial charge in [0.05, 0.1) is 12.3 Å². The molecule has 0 fully saturated rings. The van der Waals surface area contributed by atoms with Crippen LogP contribution in [-0.4, -0.2) is 12.5 Å². The first-order valence-electron chi connectivity index (χ1n) is 8.78. The number of benzene rings is 3. The van der Waals surface area contributed by atoms with Crippen LogP contribution in [0.2, 0.25) is 0 Å². The Morgan fingerprint density at radius 1 is 0.964 bits per heavy atom. The van der Waals surface area contributed by atoms with Crippen molar-refractivity contribution in [3.8, 4) is 11.5 Å². The molecule has 0 aromatic heterocycles. The molecule has 4 nitrogen and oxygen atoms in total. The van der Waals surface area contributed by atoms with Crippen molar-refractivity contribution in [2.24, 2.45) is 0 Å². The van der Waals surface area contributed by atoms with Crippen LogP contribution in [0.1, 0.15) is 18.6 Å². The first kappa shape index (κ1) is 19.4. The van der Waals surface area contributed by atoms with E-state index in [4.69, 9.17) is 9.47 Å². The molecule has 0 aliphatic heterocycles. The third-order valence-corrected chi connectivity index (χ3v) is 3.92. The van der Waals surface area contributed by atoms with E-state index < -0.39 is 23.6 Å². The van der Waals surface area contributed by atoms with Crippen LogP contribution in [0.15, 0.2) is 72.8 Å². The van der Waals surface area contributed by atoms with Crippen LogP contribution in [0.25, 0.3) is 0 Å². The summed E-state index contributed by atoms with van der Waals surface area (Å²) in [4.78, 5) is 13.0. The van der Waals surface area contributed by atoms with Gasteiger partial charge in [0.2, 0.25) is 6.10 Å². The summed E-state index contributed by atoms with van der Waals surface area (Å²) in [6, 6.07) is 18.6. The first-order chi connectivity index (χ1) is 13.6. The molecule has 0 saturated carbocycles. The van der Waals surface area contributed by atoms with Crippen LogP contribution in [0, 0.1) is 11.6 Å². The van der Waals surface area contributed by atoms with Gasteiger partial charge in [0.25, 0.3) is 5.91 Å². The number of carbonyl (C=O) groups is 1. The lowest BCUT2D eigenvalue weighted by atomic mass is 10.1. The summed E-state index contributed by atoms with van der Waals surface area (Å²) >= 11 is 0. The number of anilines is 1. The number of nitrogens with one attached hydrogen (secondary N) is 1. The second kappa shape index (κ2) is 8.99. The second-order valence-corrected chi connectivity index (χ2v) is 5.90. The fourth-order valence-electron chi connectivity index (χ4n) is 2.65. The molecular formula is C22H19F2NO3. The normalized spacial score (nSPS) is 11.5. The SMILES string of the molecule is CCOc1ccccc1NC(=O)C(Oc1ccc(F)cc1F)c1ccccc1. The van der Waals surface area contributed by atoms with Crippen molar-refractivity contribution in [1.82, 2.24) is 0 Å². The number of hydrogen-bond donors (Lipinski definition) is 1. The molecule has 1 unspecified atom stereocenters. The molecule has 3 aromatic carbocycles. The third kappa shape index (κ3) is 4.65. The minimum Gasteiger partial charge on any atom is -0.492 e. The van der Waals surface area contributed by atoms with Gasteiger partial charge >= 0.3 is 0 Å². The quantitative estimate of drug-likeness (QED) is 0.616. The summed E-state index contributed by atoms with van der Waals surface area (Å²) < 4.78 is 38.4. The molecule has 144 valence electrons. The second-order valence-electron chi connectivity index (χ2n) is 5.90. The molecular weight excluding hydrogens is 364 g/mol.